The van der Waals surface area contributed by atoms with Crippen molar-refractivity contribution in [3.05, 3.63) is 95.1 Å². The van der Waals surface area contributed by atoms with E-state index in [2.05, 4.69) is 36.2 Å². The molecule has 2 unspecified atom stereocenters. The highest BCUT2D eigenvalue weighted by molar-refractivity contribution is 5.90. The molecule has 0 saturated carbocycles. The number of halogens is 2. The molecule has 1 aliphatic rings. The highest BCUT2D eigenvalue weighted by Crippen LogP contribution is 2.46. The van der Waals surface area contributed by atoms with Crippen molar-refractivity contribution in [3.63, 3.8) is 0 Å². The standard InChI is InChI=1S/C27H28F2N2O2/c1-17(2)26-25(27(32)30-15-19-9-12-22(28)23(29)13-19)21-11-10-20(33-3)14-24(21)31(26)16-18-7-5-4-6-8-18/h4-14,17,25-26H,15-16H2,1-3H3,(H,30,32). The predicted octanol–water partition coefficient (Wildman–Crippen LogP) is 5.42. The Morgan fingerprint density at radius 2 is 1.76 bits per heavy atom. The van der Waals surface area contributed by atoms with Gasteiger partial charge in [0.15, 0.2) is 11.6 Å². The van der Waals surface area contributed by atoms with Gasteiger partial charge >= 0.3 is 0 Å². The lowest BCUT2D eigenvalue weighted by Crippen LogP contribution is -2.43. The SMILES string of the molecule is COc1ccc2c(c1)N(Cc1ccccc1)C(C(C)C)C2C(=O)NCc1ccc(F)c(F)c1. The molecule has 0 radical (unpaired) electrons. The molecule has 0 aromatic heterocycles. The lowest BCUT2D eigenvalue weighted by molar-refractivity contribution is -0.123. The molecule has 0 spiro atoms. The van der Waals surface area contributed by atoms with Gasteiger partial charge in [0.25, 0.3) is 0 Å². The Morgan fingerprint density at radius 3 is 2.42 bits per heavy atom. The normalized spacial score (nSPS) is 17.2. The Hall–Kier alpha value is -3.41. The Balaban J connectivity index is 1.65. The van der Waals surface area contributed by atoms with Crippen molar-refractivity contribution in [2.24, 2.45) is 5.92 Å². The molecular formula is C27H28F2N2O2. The summed E-state index contributed by atoms with van der Waals surface area (Å²) in [6, 6.07) is 19.6. The van der Waals surface area contributed by atoms with E-state index in [-0.39, 0.29) is 24.4 Å². The zero-order valence-electron chi connectivity index (χ0n) is 19.0. The molecule has 0 saturated heterocycles. The van der Waals surface area contributed by atoms with Gasteiger partial charge in [0, 0.05) is 30.9 Å². The summed E-state index contributed by atoms with van der Waals surface area (Å²) >= 11 is 0. The van der Waals surface area contributed by atoms with Gasteiger partial charge < -0.3 is 15.0 Å². The number of hydrogen-bond donors (Lipinski definition) is 1. The monoisotopic (exact) mass is 450 g/mol. The minimum atomic E-state index is -0.922. The molecule has 0 bridgehead atoms. The third-order valence-electron chi connectivity index (χ3n) is 6.20. The number of carbonyl (C=O) groups is 1. The minimum absolute atomic E-state index is 0.0720. The van der Waals surface area contributed by atoms with Gasteiger partial charge in [-0.3, -0.25) is 4.79 Å². The number of hydrogen-bond acceptors (Lipinski definition) is 3. The van der Waals surface area contributed by atoms with Crippen LogP contribution in [0.3, 0.4) is 0 Å². The zero-order chi connectivity index (χ0) is 23.5. The number of benzene rings is 3. The number of amides is 1. The van der Waals surface area contributed by atoms with Gasteiger partial charge in [0.1, 0.15) is 5.75 Å². The van der Waals surface area contributed by atoms with E-state index in [1.807, 2.05) is 36.4 Å². The van der Waals surface area contributed by atoms with Crippen LogP contribution in [0, 0.1) is 17.6 Å². The molecule has 172 valence electrons. The lowest BCUT2D eigenvalue weighted by Gasteiger charge is -2.33. The topological polar surface area (TPSA) is 41.6 Å². The van der Waals surface area contributed by atoms with Gasteiger partial charge in [-0.05, 0) is 40.8 Å². The highest BCUT2D eigenvalue weighted by atomic mass is 19.2. The molecule has 4 nitrogen and oxygen atoms in total. The van der Waals surface area contributed by atoms with Crippen molar-refractivity contribution in [1.82, 2.24) is 5.32 Å². The summed E-state index contributed by atoms with van der Waals surface area (Å²) in [6.45, 7) is 5.02. The molecule has 33 heavy (non-hydrogen) atoms. The first-order valence-corrected chi connectivity index (χ1v) is 11.1. The van der Waals surface area contributed by atoms with E-state index in [1.54, 1.807) is 7.11 Å². The van der Waals surface area contributed by atoms with E-state index in [0.29, 0.717) is 12.1 Å². The van der Waals surface area contributed by atoms with E-state index >= 15 is 0 Å². The van der Waals surface area contributed by atoms with Crippen molar-refractivity contribution in [2.75, 3.05) is 12.0 Å². The van der Waals surface area contributed by atoms with Crippen LogP contribution in [0.5, 0.6) is 5.75 Å². The summed E-state index contributed by atoms with van der Waals surface area (Å²) in [6.07, 6.45) is 0. The number of anilines is 1. The van der Waals surface area contributed by atoms with Crippen LogP contribution in [0.1, 0.15) is 36.5 Å². The molecule has 1 N–H and O–H groups in total. The summed E-state index contributed by atoms with van der Waals surface area (Å²) in [5.74, 6) is -1.45. The number of ether oxygens (including phenoxy) is 1. The fourth-order valence-corrected chi connectivity index (χ4v) is 4.65. The van der Waals surface area contributed by atoms with Crippen LogP contribution in [0.2, 0.25) is 0 Å². The van der Waals surface area contributed by atoms with Crippen LogP contribution in [-0.2, 0) is 17.9 Å². The Labute approximate surface area is 193 Å². The average Bonchev–Trinajstić information content (AvgIpc) is 3.14. The predicted molar refractivity (Wildman–Crippen MR) is 125 cm³/mol. The second-order valence-corrected chi connectivity index (χ2v) is 8.72. The van der Waals surface area contributed by atoms with E-state index in [0.717, 1.165) is 34.7 Å². The summed E-state index contributed by atoms with van der Waals surface area (Å²) in [5, 5.41) is 2.94. The number of rotatable bonds is 7. The minimum Gasteiger partial charge on any atom is -0.497 e. The van der Waals surface area contributed by atoms with Gasteiger partial charge in [-0.25, -0.2) is 8.78 Å². The first kappa shape index (κ1) is 22.8. The molecule has 3 aromatic carbocycles. The van der Waals surface area contributed by atoms with E-state index in [1.165, 1.54) is 6.07 Å². The average molecular weight is 451 g/mol. The van der Waals surface area contributed by atoms with Crippen LogP contribution >= 0.6 is 0 Å². The third kappa shape index (κ3) is 4.70. The molecule has 2 atom stereocenters. The molecular weight excluding hydrogens is 422 g/mol. The third-order valence-corrected chi connectivity index (χ3v) is 6.20. The molecule has 1 amide bonds. The fraction of sp³-hybridized carbons (Fsp3) is 0.296. The lowest BCUT2D eigenvalue weighted by atomic mass is 9.87. The maximum Gasteiger partial charge on any atom is 0.229 e. The molecule has 4 rings (SSSR count). The number of carbonyl (C=O) groups excluding carboxylic acids is 1. The number of nitrogens with zero attached hydrogens (tertiary/aromatic N) is 1. The van der Waals surface area contributed by atoms with Crippen LogP contribution in [0.15, 0.2) is 66.7 Å². The largest absolute Gasteiger partial charge is 0.497 e. The Bertz CT molecular complexity index is 1130. The van der Waals surface area contributed by atoms with Gasteiger partial charge in [-0.1, -0.05) is 56.3 Å². The van der Waals surface area contributed by atoms with Gasteiger partial charge in [-0.15, -0.1) is 0 Å². The zero-order valence-corrected chi connectivity index (χ0v) is 19.0. The van der Waals surface area contributed by atoms with Crippen LogP contribution in [0.25, 0.3) is 0 Å². The Kier molecular flexibility index (Phi) is 6.63. The smallest absolute Gasteiger partial charge is 0.229 e. The Morgan fingerprint density at radius 1 is 1.00 bits per heavy atom. The summed E-state index contributed by atoms with van der Waals surface area (Å²) in [7, 11) is 1.63. The fourth-order valence-electron chi connectivity index (χ4n) is 4.65. The molecule has 3 aromatic rings. The molecule has 0 aliphatic carbocycles. The van der Waals surface area contributed by atoms with Crippen LogP contribution in [-0.4, -0.2) is 19.1 Å². The quantitative estimate of drug-likeness (QED) is 0.523. The van der Waals surface area contributed by atoms with E-state index < -0.39 is 17.6 Å². The molecule has 0 fully saturated rings. The van der Waals surface area contributed by atoms with Crippen molar-refractivity contribution >= 4 is 11.6 Å². The maximum atomic E-state index is 13.6. The van der Waals surface area contributed by atoms with Crippen molar-refractivity contribution in [1.29, 1.82) is 0 Å². The van der Waals surface area contributed by atoms with Crippen LogP contribution < -0.4 is 15.0 Å². The molecule has 1 heterocycles. The summed E-state index contributed by atoms with van der Waals surface area (Å²) in [4.78, 5) is 15.7. The van der Waals surface area contributed by atoms with Crippen LogP contribution in [0.4, 0.5) is 14.5 Å². The molecule has 6 heteroatoms. The summed E-state index contributed by atoms with van der Waals surface area (Å²) in [5.41, 5.74) is 3.58. The van der Waals surface area contributed by atoms with Crippen molar-refractivity contribution in [2.45, 2.75) is 38.9 Å². The number of methoxy groups -OCH3 is 1. The summed E-state index contributed by atoms with van der Waals surface area (Å²) < 4.78 is 32.3. The maximum absolute atomic E-state index is 13.6. The first-order valence-electron chi connectivity index (χ1n) is 11.1. The second-order valence-electron chi connectivity index (χ2n) is 8.72. The van der Waals surface area contributed by atoms with E-state index in [4.69, 9.17) is 4.74 Å². The van der Waals surface area contributed by atoms with Gasteiger partial charge in [-0.2, -0.15) is 0 Å². The first-order chi connectivity index (χ1) is 15.9. The highest BCUT2D eigenvalue weighted by Gasteiger charge is 2.44. The van der Waals surface area contributed by atoms with E-state index in [9.17, 15) is 13.6 Å². The molecule has 1 aliphatic heterocycles. The number of fused-ring (bicyclic) bond motifs is 1. The van der Waals surface area contributed by atoms with Crippen molar-refractivity contribution in [3.8, 4) is 5.75 Å². The van der Waals surface area contributed by atoms with Gasteiger partial charge in [0.2, 0.25) is 5.91 Å². The number of nitrogens with one attached hydrogen (secondary N) is 1. The van der Waals surface area contributed by atoms with Crippen molar-refractivity contribution < 1.29 is 18.3 Å². The second kappa shape index (κ2) is 9.61. The van der Waals surface area contributed by atoms with Gasteiger partial charge in [0.05, 0.1) is 13.0 Å².